The van der Waals surface area contributed by atoms with E-state index < -0.39 is 5.60 Å². The van der Waals surface area contributed by atoms with Crippen LogP contribution in [0.2, 0.25) is 0 Å². The van der Waals surface area contributed by atoms with Crippen molar-refractivity contribution in [1.29, 1.82) is 0 Å². The number of likely N-dealkylation sites (tertiary alicyclic amines) is 1. The Bertz CT molecular complexity index is 413. The summed E-state index contributed by atoms with van der Waals surface area (Å²) in [5.41, 5.74) is 5.56. The maximum absolute atomic E-state index is 12.1. The van der Waals surface area contributed by atoms with E-state index in [4.69, 9.17) is 10.5 Å². The topological polar surface area (TPSA) is 74.1 Å². The summed E-state index contributed by atoms with van der Waals surface area (Å²) in [5.74, 6) is 0. The van der Waals surface area contributed by atoms with Crippen LogP contribution in [0.1, 0.15) is 33.6 Å². The Kier molecular flexibility index (Phi) is 6.90. The van der Waals surface area contributed by atoms with Gasteiger partial charge in [0.25, 0.3) is 0 Å². The van der Waals surface area contributed by atoms with Crippen LogP contribution in [0.25, 0.3) is 0 Å². The lowest BCUT2D eigenvalue weighted by atomic mass is 10.1. The quantitative estimate of drug-likeness (QED) is 0.571. The van der Waals surface area contributed by atoms with Crippen molar-refractivity contribution in [2.75, 3.05) is 20.1 Å². The van der Waals surface area contributed by atoms with Crippen molar-refractivity contribution < 1.29 is 9.53 Å². The predicted octanol–water partition coefficient (Wildman–Crippen LogP) is 1.65. The number of rotatable bonds is 6. The van der Waals surface area contributed by atoms with Gasteiger partial charge in [-0.05, 0) is 39.8 Å². The highest BCUT2D eigenvalue weighted by molar-refractivity contribution is 5.68. The van der Waals surface area contributed by atoms with Gasteiger partial charge < -0.3 is 20.0 Å². The van der Waals surface area contributed by atoms with E-state index in [9.17, 15) is 4.79 Å². The van der Waals surface area contributed by atoms with Crippen molar-refractivity contribution in [3.05, 3.63) is 25.6 Å². The summed E-state index contributed by atoms with van der Waals surface area (Å²) >= 11 is 0. The summed E-state index contributed by atoms with van der Waals surface area (Å²) in [6.45, 7) is 14.4. The Balaban J connectivity index is 2.58. The third-order valence-electron chi connectivity index (χ3n) is 3.73. The number of nitrogens with zero attached hydrogens (tertiary/aromatic N) is 3. The maximum Gasteiger partial charge on any atom is 0.410 e. The molecule has 1 amide bonds. The van der Waals surface area contributed by atoms with Crippen LogP contribution >= 0.6 is 0 Å². The number of amides is 1. The second-order valence-corrected chi connectivity index (χ2v) is 6.65. The fourth-order valence-electron chi connectivity index (χ4n) is 2.55. The average molecular weight is 325 g/mol. The summed E-state index contributed by atoms with van der Waals surface area (Å²) in [5, 5.41) is 6.83. The van der Waals surface area contributed by atoms with E-state index in [2.05, 4.69) is 18.5 Å². The Morgan fingerprint density at radius 1 is 1.39 bits per heavy atom. The van der Waals surface area contributed by atoms with Gasteiger partial charge in [0.1, 0.15) is 11.9 Å². The number of carbonyl (C=O) groups is 1. The minimum absolute atomic E-state index is 0.244. The van der Waals surface area contributed by atoms with Crippen molar-refractivity contribution in [3.8, 4) is 0 Å². The van der Waals surface area contributed by atoms with Crippen molar-refractivity contribution in [2.24, 2.45) is 5.73 Å². The van der Waals surface area contributed by atoms with Crippen LogP contribution in [-0.2, 0) is 4.74 Å². The Morgan fingerprint density at radius 3 is 2.39 bits per heavy atom. The molecule has 1 atom stereocenters. The van der Waals surface area contributed by atoms with Gasteiger partial charge in [-0.1, -0.05) is 13.2 Å². The highest BCUT2D eigenvalue weighted by Gasteiger charge is 2.30. The number of nitrogens with one attached hydrogen (secondary N) is 1. The first kappa shape index (κ1) is 19.3. The summed E-state index contributed by atoms with van der Waals surface area (Å²) in [4.78, 5) is 13.9. The van der Waals surface area contributed by atoms with E-state index in [-0.39, 0.29) is 18.4 Å². The first-order valence-corrected chi connectivity index (χ1v) is 7.93. The zero-order valence-corrected chi connectivity index (χ0v) is 14.8. The lowest BCUT2D eigenvalue weighted by Crippen LogP contribution is -2.58. The molecule has 0 radical (unpaired) electrons. The molecule has 1 saturated heterocycles. The van der Waals surface area contributed by atoms with Crippen LogP contribution in [0.15, 0.2) is 25.6 Å². The number of hydrazine groups is 1. The molecule has 7 heteroatoms. The lowest BCUT2D eigenvalue weighted by molar-refractivity contribution is -0.0522. The molecule has 1 aliphatic rings. The molecule has 1 rings (SSSR count). The van der Waals surface area contributed by atoms with Gasteiger partial charge in [-0.2, -0.15) is 5.01 Å². The molecule has 0 bridgehead atoms. The summed E-state index contributed by atoms with van der Waals surface area (Å²) in [6, 6.07) is 0.244. The average Bonchev–Trinajstić information content (AvgIpc) is 2.47. The molecule has 0 aromatic carbocycles. The molecule has 23 heavy (non-hydrogen) atoms. The molecular weight excluding hydrogens is 294 g/mol. The van der Waals surface area contributed by atoms with Gasteiger partial charge in [0.2, 0.25) is 0 Å². The van der Waals surface area contributed by atoms with E-state index >= 15 is 0 Å². The summed E-state index contributed by atoms with van der Waals surface area (Å²) < 4.78 is 5.42. The van der Waals surface area contributed by atoms with E-state index in [1.54, 1.807) is 17.3 Å². The van der Waals surface area contributed by atoms with Crippen LogP contribution in [0.3, 0.4) is 0 Å². The standard InChI is InChI=1S/C16H31N5O2/c1-7-18-14(17)19(6)21(8-2)13-9-11-20(12-10-13)15(22)23-16(3,4)5/h7-8,13-14,18H,1-2,9-12,17H2,3-6H3. The van der Waals surface area contributed by atoms with Crippen LogP contribution in [-0.4, -0.2) is 59.1 Å². The predicted molar refractivity (Wildman–Crippen MR) is 91.9 cm³/mol. The zero-order valence-electron chi connectivity index (χ0n) is 14.8. The van der Waals surface area contributed by atoms with Crippen molar-refractivity contribution >= 4 is 6.09 Å². The van der Waals surface area contributed by atoms with Gasteiger partial charge in [-0.3, -0.25) is 5.73 Å². The summed E-state index contributed by atoms with van der Waals surface area (Å²) in [6.07, 6.45) is 4.35. The number of piperidine rings is 1. The highest BCUT2D eigenvalue weighted by atomic mass is 16.6. The van der Waals surface area contributed by atoms with Gasteiger partial charge in [-0.25, -0.2) is 4.79 Å². The Labute approximate surface area is 139 Å². The molecular formula is C16H31N5O2. The number of ether oxygens (including phenoxy) is 1. The van der Waals surface area contributed by atoms with Gasteiger partial charge in [0.15, 0.2) is 0 Å². The SMILES string of the molecule is C=CNC(N)N(C)N(C=C)C1CCN(C(=O)OC(C)(C)C)CC1. The van der Waals surface area contributed by atoms with E-state index in [1.165, 1.54) is 0 Å². The molecule has 0 saturated carbocycles. The molecule has 0 aromatic heterocycles. The number of nitrogens with two attached hydrogens (primary N) is 1. The molecule has 0 spiro atoms. The van der Waals surface area contributed by atoms with E-state index in [0.29, 0.717) is 13.1 Å². The molecule has 7 nitrogen and oxygen atoms in total. The number of carbonyl (C=O) groups excluding carboxylic acids is 1. The summed E-state index contributed by atoms with van der Waals surface area (Å²) in [7, 11) is 1.89. The fraction of sp³-hybridized carbons (Fsp3) is 0.688. The first-order chi connectivity index (χ1) is 10.7. The maximum atomic E-state index is 12.1. The second-order valence-electron chi connectivity index (χ2n) is 6.65. The normalized spacial score (nSPS) is 17.6. The zero-order chi connectivity index (χ0) is 17.6. The fourth-order valence-corrected chi connectivity index (χ4v) is 2.55. The van der Waals surface area contributed by atoms with Gasteiger partial charge in [-0.15, -0.1) is 0 Å². The molecule has 0 aromatic rings. The smallest absolute Gasteiger partial charge is 0.410 e. The van der Waals surface area contributed by atoms with Crippen molar-refractivity contribution in [3.63, 3.8) is 0 Å². The molecule has 132 valence electrons. The molecule has 1 heterocycles. The molecule has 0 aliphatic carbocycles. The minimum Gasteiger partial charge on any atom is -0.444 e. The second kappa shape index (κ2) is 8.21. The highest BCUT2D eigenvalue weighted by Crippen LogP contribution is 2.20. The van der Waals surface area contributed by atoms with E-state index in [1.807, 2.05) is 37.8 Å². The van der Waals surface area contributed by atoms with E-state index in [0.717, 1.165) is 12.8 Å². The monoisotopic (exact) mass is 325 g/mol. The van der Waals surface area contributed by atoms with Crippen LogP contribution in [0, 0.1) is 0 Å². The van der Waals surface area contributed by atoms with Crippen LogP contribution in [0.5, 0.6) is 0 Å². The van der Waals surface area contributed by atoms with Gasteiger partial charge in [0, 0.05) is 32.4 Å². The Hall–Kier alpha value is -1.73. The lowest BCUT2D eigenvalue weighted by Gasteiger charge is -2.43. The molecule has 3 N–H and O–H groups in total. The molecule has 1 unspecified atom stereocenters. The Morgan fingerprint density at radius 2 is 1.96 bits per heavy atom. The van der Waals surface area contributed by atoms with Crippen LogP contribution < -0.4 is 11.1 Å². The van der Waals surface area contributed by atoms with Gasteiger partial charge >= 0.3 is 6.09 Å². The largest absolute Gasteiger partial charge is 0.444 e. The minimum atomic E-state index is -0.468. The number of hydrogen-bond acceptors (Lipinski definition) is 6. The third kappa shape index (κ3) is 5.76. The van der Waals surface area contributed by atoms with Crippen molar-refractivity contribution in [2.45, 2.75) is 51.5 Å². The number of hydrogen-bond donors (Lipinski definition) is 2. The first-order valence-electron chi connectivity index (χ1n) is 7.93. The third-order valence-corrected chi connectivity index (χ3v) is 3.73. The van der Waals surface area contributed by atoms with Gasteiger partial charge in [0.05, 0.1) is 0 Å². The molecule has 1 aliphatic heterocycles. The van der Waals surface area contributed by atoms with Crippen LogP contribution in [0.4, 0.5) is 4.79 Å². The molecule has 1 fully saturated rings. The van der Waals surface area contributed by atoms with Crippen molar-refractivity contribution in [1.82, 2.24) is 20.2 Å².